The highest BCUT2D eigenvalue weighted by Gasteiger charge is 2.21. The summed E-state index contributed by atoms with van der Waals surface area (Å²) in [5.41, 5.74) is 6.11. The van der Waals surface area contributed by atoms with Gasteiger partial charge in [0.15, 0.2) is 0 Å². The Labute approximate surface area is 114 Å². The average Bonchev–Trinajstić information content (AvgIpc) is 2.74. The number of likely N-dealkylation sites (tertiary alicyclic amines) is 1. The Morgan fingerprint density at radius 3 is 2.71 bits per heavy atom. The molecule has 2 rings (SSSR count). The highest BCUT2D eigenvalue weighted by Crippen LogP contribution is 2.28. The van der Waals surface area contributed by atoms with E-state index in [2.05, 4.69) is 30.7 Å². The topological polar surface area (TPSA) is 42.2 Å². The first-order valence-electron chi connectivity index (χ1n) is 5.88. The van der Waals surface area contributed by atoms with Crippen molar-refractivity contribution in [1.82, 2.24) is 9.88 Å². The molecule has 2 heterocycles. The third-order valence-corrected chi connectivity index (χ3v) is 4.37. The van der Waals surface area contributed by atoms with Crippen LogP contribution in [0.25, 0.3) is 0 Å². The summed E-state index contributed by atoms with van der Waals surface area (Å²) < 4.78 is 0. The van der Waals surface area contributed by atoms with Crippen LogP contribution in [0.2, 0.25) is 0 Å². The van der Waals surface area contributed by atoms with E-state index in [0.29, 0.717) is 6.04 Å². The molecule has 0 bridgehead atoms. The van der Waals surface area contributed by atoms with Gasteiger partial charge in [-0.25, -0.2) is 4.98 Å². The van der Waals surface area contributed by atoms with Gasteiger partial charge in [-0.1, -0.05) is 20.8 Å². The zero-order valence-electron chi connectivity index (χ0n) is 10.8. The maximum absolute atomic E-state index is 5.89. The first kappa shape index (κ1) is 14.9. The van der Waals surface area contributed by atoms with E-state index in [1.54, 1.807) is 0 Å². The predicted molar refractivity (Wildman–Crippen MR) is 75.9 cm³/mol. The van der Waals surface area contributed by atoms with Gasteiger partial charge < -0.3 is 5.73 Å². The Morgan fingerprint density at radius 2 is 2.24 bits per heavy atom. The fourth-order valence-electron chi connectivity index (χ4n) is 1.93. The molecule has 0 saturated carbocycles. The molecule has 1 aliphatic heterocycles. The molecular weight excluding hydrogens is 254 g/mol. The molecule has 0 radical (unpaired) electrons. The molecule has 0 spiro atoms. The van der Waals surface area contributed by atoms with Crippen molar-refractivity contribution in [2.75, 3.05) is 13.1 Å². The zero-order chi connectivity index (χ0) is 11.8. The summed E-state index contributed by atoms with van der Waals surface area (Å²) >= 11 is 1.83. The molecule has 1 atom stereocenters. The van der Waals surface area contributed by atoms with Gasteiger partial charge in [0.1, 0.15) is 5.01 Å². The van der Waals surface area contributed by atoms with Crippen LogP contribution in [-0.4, -0.2) is 29.0 Å². The molecular formula is C12H22ClN3S. The third-order valence-electron chi connectivity index (χ3n) is 2.96. The van der Waals surface area contributed by atoms with Crippen LogP contribution in [0.3, 0.4) is 0 Å². The average molecular weight is 276 g/mol. The Hall–Kier alpha value is -0.160. The van der Waals surface area contributed by atoms with Crippen LogP contribution in [0.15, 0.2) is 6.20 Å². The monoisotopic (exact) mass is 275 g/mol. The maximum Gasteiger partial charge on any atom is 0.107 e. The van der Waals surface area contributed by atoms with Gasteiger partial charge in [-0.15, -0.1) is 23.7 Å². The van der Waals surface area contributed by atoms with E-state index in [1.807, 2.05) is 17.5 Å². The number of nitrogens with zero attached hydrogens (tertiary/aromatic N) is 2. The lowest BCUT2D eigenvalue weighted by Gasteiger charge is -2.15. The van der Waals surface area contributed by atoms with Crippen LogP contribution < -0.4 is 5.73 Å². The Bertz CT molecular complexity index is 359. The number of nitrogens with two attached hydrogens (primary N) is 1. The van der Waals surface area contributed by atoms with Crippen molar-refractivity contribution in [1.29, 1.82) is 0 Å². The van der Waals surface area contributed by atoms with E-state index in [1.165, 1.54) is 9.88 Å². The number of rotatable bonds is 2. The second-order valence-corrected chi connectivity index (χ2v) is 6.77. The van der Waals surface area contributed by atoms with Crippen LogP contribution in [0.1, 0.15) is 37.1 Å². The van der Waals surface area contributed by atoms with Crippen molar-refractivity contribution < 1.29 is 0 Å². The van der Waals surface area contributed by atoms with Crippen molar-refractivity contribution in [2.45, 2.75) is 45.2 Å². The van der Waals surface area contributed by atoms with E-state index in [4.69, 9.17) is 5.73 Å². The summed E-state index contributed by atoms with van der Waals surface area (Å²) in [6.45, 7) is 9.80. The van der Waals surface area contributed by atoms with Crippen LogP contribution in [0.5, 0.6) is 0 Å². The molecule has 1 saturated heterocycles. The van der Waals surface area contributed by atoms with Gasteiger partial charge in [0.05, 0.1) is 6.54 Å². The summed E-state index contributed by atoms with van der Waals surface area (Å²) in [5.74, 6) is 0. The van der Waals surface area contributed by atoms with Crippen molar-refractivity contribution in [3.8, 4) is 0 Å². The van der Waals surface area contributed by atoms with Crippen molar-refractivity contribution in [3.05, 3.63) is 16.1 Å². The minimum atomic E-state index is 0. The van der Waals surface area contributed by atoms with E-state index in [9.17, 15) is 0 Å². The molecule has 1 aliphatic rings. The maximum atomic E-state index is 5.89. The Morgan fingerprint density at radius 1 is 1.53 bits per heavy atom. The van der Waals surface area contributed by atoms with Gasteiger partial charge in [-0.3, -0.25) is 4.90 Å². The lowest BCUT2D eigenvalue weighted by Crippen LogP contribution is -2.26. The van der Waals surface area contributed by atoms with E-state index in [-0.39, 0.29) is 17.8 Å². The van der Waals surface area contributed by atoms with Crippen molar-refractivity contribution >= 4 is 23.7 Å². The van der Waals surface area contributed by atoms with Crippen LogP contribution in [0, 0.1) is 0 Å². The van der Waals surface area contributed by atoms with Gasteiger partial charge >= 0.3 is 0 Å². The second-order valence-electron chi connectivity index (χ2n) is 5.65. The molecule has 0 aromatic carbocycles. The van der Waals surface area contributed by atoms with Crippen molar-refractivity contribution in [3.63, 3.8) is 0 Å². The lowest BCUT2D eigenvalue weighted by atomic mass is 9.96. The number of hydrogen-bond donors (Lipinski definition) is 1. The molecule has 98 valence electrons. The first-order chi connectivity index (χ1) is 7.45. The summed E-state index contributed by atoms with van der Waals surface area (Å²) in [4.78, 5) is 8.27. The summed E-state index contributed by atoms with van der Waals surface area (Å²) in [6, 6.07) is 0.363. The lowest BCUT2D eigenvalue weighted by molar-refractivity contribution is 0.326. The quantitative estimate of drug-likeness (QED) is 0.901. The zero-order valence-corrected chi connectivity index (χ0v) is 12.4. The van der Waals surface area contributed by atoms with Gasteiger partial charge in [0.25, 0.3) is 0 Å². The minimum Gasteiger partial charge on any atom is -0.326 e. The van der Waals surface area contributed by atoms with Gasteiger partial charge in [0, 0.05) is 30.2 Å². The smallest absolute Gasteiger partial charge is 0.107 e. The molecule has 1 aromatic heterocycles. The molecule has 2 N–H and O–H groups in total. The number of aromatic nitrogens is 1. The highest BCUT2D eigenvalue weighted by molar-refractivity contribution is 7.11. The fraction of sp³-hybridized carbons (Fsp3) is 0.750. The molecule has 17 heavy (non-hydrogen) atoms. The summed E-state index contributed by atoms with van der Waals surface area (Å²) in [6.07, 6.45) is 3.15. The standard InChI is InChI=1S/C12H21N3S.ClH/c1-12(2,3)10-6-14-11(16-10)8-15-5-4-9(13)7-15;/h6,9H,4-5,7-8,13H2,1-3H3;1H/t9-;/m0./s1. The van der Waals surface area contributed by atoms with Gasteiger partial charge in [0.2, 0.25) is 0 Å². The number of hydrogen-bond acceptors (Lipinski definition) is 4. The molecule has 0 unspecified atom stereocenters. The van der Waals surface area contributed by atoms with E-state index < -0.39 is 0 Å². The number of halogens is 1. The van der Waals surface area contributed by atoms with E-state index >= 15 is 0 Å². The highest BCUT2D eigenvalue weighted by atomic mass is 35.5. The van der Waals surface area contributed by atoms with E-state index in [0.717, 1.165) is 26.1 Å². The molecule has 3 nitrogen and oxygen atoms in total. The summed E-state index contributed by atoms with van der Waals surface area (Å²) in [7, 11) is 0. The molecule has 0 amide bonds. The molecule has 1 fully saturated rings. The van der Waals surface area contributed by atoms with Crippen LogP contribution in [0.4, 0.5) is 0 Å². The predicted octanol–water partition coefficient (Wildman–Crippen LogP) is 2.40. The second kappa shape index (κ2) is 5.65. The fourth-order valence-corrected chi connectivity index (χ4v) is 2.95. The van der Waals surface area contributed by atoms with Gasteiger partial charge in [-0.05, 0) is 11.8 Å². The minimum absolute atomic E-state index is 0. The normalized spacial score (nSPS) is 21.5. The van der Waals surface area contributed by atoms with Gasteiger partial charge in [-0.2, -0.15) is 0 Å². The third kappa shape index (κ3) is 3.91. The largest absolute Gasteiger partial charge is 0.326 e. The van der Waals surface area contributed by atoms with Crippen LogP contribution in [-0.2, 0) is 12.0 Å². The Balaban J connectivity index is 0.00000144. The molecule has 0 aliphatic carbocycles. The number of thiazole rings is 1. The molecule has 1 aromatic rings. The van der Waals surface area contributed by atoms with Crippen molar-refractivity contribution in [2.24, 2.45) is 5.73 Å². The first-order valence-corrected chi connectivity index (χ1v) is 6.70. The summed E-state index contributed by atoms with van der Waals surface area (Å²) in [5, 5.41) is 1.22. The molecule has 5 heteroatoms. The van der Waals surface area contributed by atoms with Crippen LogP contribution >= 0.6 is 23.7 Å². The Kier molecular flexibility index (Phi) is 4.95. The SMILES string of the molecule is CC(C)(C)c1cnc(CN2CC[C@H](N)C2)s1.Cl.